The number of aliphatic hydroxyl groups is 1. The zero-order valence-corrected chi connectivity index (χ0v) is 23.3. The number of carbonyl (C=O) groups excluding carboxylic acids is 3. The number of likely N-dealkylation sites (tertiary alicyclic amines) is 1. The monoisotopic (exact) mass is 516 g/mol. The summed E-state index contributed by atoms with van der Waals surface area (Å²) in [5.74, 6) is -2.47. The van der Waals surface area contributed by atoms with Gasteiger partial charge in [0, 0.05) is 25.2 Å². The molecule has 4 rings (SSSR count). The third kappa shape index (κ3) is 4.87. The van der Waals surface area contributed by atoms with Crippen LogP contribution in [0.1, 0.15) is 73.6 Å². The highest BCUT2D eigenvalue weighted by atomic mass is 16.6. The fourth-order valence-corrected chi connectivity index (χ4v) is 7.28. The van der Waals surface area contributed by atoms with Crippen molar-refractivity contribution in [3.63, 3.8) is 0 Å². The van der Waals surface area contributed by atoms with Crippen LogP contribution < -0.4 is 0 Å². The smallest absolute Gasteiger partial charge is 0.313 e. The van der Waals surface area contributed by atoms with Gasteiger partial charge in [-0.3, -0.25) is 14.4 Å². The second kappa shape index (κ2) is 9.84. The summed E-state index contributed by atoms with van der Waals surface area (Å²) in [6, 6.07) is -0.856. The van der Waals surface area contributed by atoms with Gasteiger partial charge in [0.15, 0.2) is 0 Å². The lowest BCUT2D eigenvalue weighted by molar-refractivity contribution is -0.159. The number of unbranched alkanes of at least 4 members (excludes halogenated alkanes) is 3. The highest BCUT2D eigenvalue weighted by molar-refractivity contribution is 5.99. The van der Waals surface area contributed by atoms with Crippen LogP contribution in [-0.2, 0) is 23.9 Å². The predicted molar refractivity (Wildman–Crippen MR) is 139 cm³/mol. The van der Waals surface area contributed by atoms with Crippen LogP contribution in [-0.4, -0.2) is 81.8 Å². The van der Waals surface area contributed by atoms with E-state index in [9.17, 15) is 14.4 Å². The van der Waals surface area contributed by atoms with E-state index in [2.05, 4.69) is 34.6 Å². The van der Waals surface area contributed by atoms with Gasteiger partial charge >= 0.3 is 5.97 Å². The summed E-state index contributed by atoms with van der Waals surface area (Å²) in [5, 5.41) is 9.13. The predicted octanol–water partition coefficient (Wildman–Crippen LogP) is 3.24. The maximum Gasteiger partial charge on any atom is 0.313 e. The van der Waals surface area contributed by atoms with Crippen molar-refractivity contribution < 1.29 is 29.0 Å². The molecule has 0 aliphatic carbocycles. The molecule has 8 heteroatoms. The summed E-state index contributed by atoms with van der Waals surface area (Å²) < 4.78 is 12.2. The Hall–Kier alpha value is -2.19. The minimum Gasteiger partial charge on any atom is -0.461 e. The molecular weight excluding hydrogens is 472 g/mol. The van der Waals surface area contributed by atoms with Crippen molar-refractivity contribution in [2.45, 2.75) is 96.4 Å². The van der Waals surface area contributed by atoms with Crippen LogP contribution in [0.3, 0.4) is 0 Å². The molecule has 2 fully saturated rings. The van der Waals surface area contributed by atoms with Gasteiger partial charge in [-0.25, -0.2) is 0 Å². The van der Waals surface area contributed by atoms with Gasteiger partial charge in [-0.15, -0.1) is 0 Å². The van der Waals surface area contributed by atoms with Crippen molar-refractivity contribution in [2.24, 2.45) is 17.3 Å². The van der Waals surface area contributed by atoms with Crippen molar-refractivity contribution in [3.05, 3.63) is 24.3 Å². The van der Waals surface area contributed by atoms with Gasteiger partial charge < -0.3 is 24.4 Å². The largest absolute Gasteiger partial charge is 0.461 e. The highest BCUT2D eigenvalue weighted by Gasteiger charge is 2.75. The maximum atomic E-state index is 14.5. The second-order valence-electron chi connectivity index (χ2n) is 13.1. The van der Waals surface area contributed by atoms with E-state index in [1.807, 2.05) is 30.1 Å². The van der Waals surface area contributed by atoms with E-state index in [4.69, 9.17) is 14.6 Å². The third-order valence-electron chi connectivity index (χ3n) is 8.31. The molecule has 2 saturated heterocycles. The fourth-order valence-electron chi connectivity index (χ4n) is 7.28. The Morgan fingerprint density at radius 2 is 1.68 bits per heavy atom. The number of nitrogens with zero attached hydrogens (tertiary/aromatic N) is 2. The highest BCUT2D eigenvalue weighted by Crippen LogP contribution is 2.57. The number of hydrogen-bond acceptors (Lipinski definition) is 6. The Morgan fingerprint density at radius 3 is 2.35 bits per heavy atom. The number of amides is 2. The molecule has 0 aromatic carbocycles. The molecule has 206 valence electrons. The molecule has 0 aromatic heterocycles. The fraction of sp³-hybridized carbons (Fsp3) is 0.759. The molecular formula is C29H44N2O6. The number of cyclic esters (lactones) is 1. The van der Waals surface area contributed by atoms with Gasteiger partial charge in [0.25, 0.3) is 0 Å². The van der Waals surface area contributed by atoms with Crippen LogP contribution in [0.25, 0.3) is 0 Å². The van der Waals surface area contributed by atoms with Crippen LogP contribution in [0.4, 0.5) is 0 Å². The van der Waals surface area contributed by atoms with Crippen LogP contribution in [0.5, 0.6) is 0 Å². The van der Waals surface area contributed by atoms with Crippen LogP contribution in [0.2, 0.25) is 0 Å². The average Bonchev–Trinajstić information content (AvgIpc) is 3.02. The molecule has 1 unspecified atom stereocenters. The molecule has 1 N–H and O–H groups in total. The van der Waals surface area contributed by atoms with E-state index in [-0.39, 0.29) is 30.4 Å². The molecule has 2 amide bonds. The lowest BCUT2D eigenvalue weighted by Gasteiger charge is -2.44. The summed E-state index contributed by atoms with van der Waals surface area (Å²) in [5.41, 5.74) is -2.74. The number of fused-ring (bicyclic) bond motifs is 2. The quantitative estimate of drug-likeness (QED) is 0.302. The first kappa shape index (κ1) is 27.8. The summed E-state index contributed by atoms with van der Waals surface area (Å²) >= 11 is 0. The van der Waals surface area contributed by atoms with Gasteiger partial charge in [-0.1, -0.05) is 51.8 Å². The van der Waals surface area contributed by atoms with E-state index in [1.54, 1.807) is 11.0 Å². The minimum absolute atomic E-state index is 0.00299. The molecule has 0 saturated carbocycles. The summed E-state index contributed by atoms with van der Waals surface area (Å²) in [6.45, 7) is 13.6. The summed E-state index contributed by atoms with van der Waals surface area (Å²) in [4.78, 5) is 45.4. The summed E-state index contributed by atoms with van der Waals surface area (Å²) in [7, 11) is 0. The molecule has 4 aliphatic rings. The topological polar surface area (TPSA) is 96.4 Å². The van der Waals surface area contributed by atoms with Crippen LogP contribution >= 0.6 is 0 Å². The number of aliphatic hydroxyl groups excluding tert-OH is 1. The first-order valence-corrected chi connectivity index (χ1v) is 13.7. The zero-order valence-electron chi connectivity index (χ0n) is 23.3. The molecule has 8 nitrogen and oxygen atoms in total. The number of hydrogen-bond donors (Lipinski definition) is 1. The molecule has 1 spiro atoms. The Kier molecular flexibility index (Phi) is 7.40. The zero-order chi connectivity index (χ0) is 27.2. The number of ether oxygens (including phenoxy) is 2. The number of carbonyl (C=O) groups is 3. The van der Waals surface area contributed by atoms with Crippen molar-refractivity contribution in [3.8, 4) is 0 Å². The van der Waals surface area contributed by atoms with E-state index in [0.29, 0.717) is 25.9 Å². The van der Waals surface area contributed by atoms with E-state index >= 15 is 0 Å². The normalized spacial score (nSPS) is 33.7. The van der Waals surface area contributed by atoms with Gasteiger partial charge in [0.2, 0.25) is 11.8 Å². The molecule has 0 bridgehead atoms. The molecule has 0 radical (unpaired) electrons. The average molecular weight is 517 g/mol. The Balaban J connectivity index is 1.76. The lowest BCUT2D eigenvalue weighted by Crippen LogP contribution is -2.60. The molecule has 4 heterocycles. The Bertz CT molecular complexity index is 981. The van der Waals surface area contributed by atoms with Gasteiger partial charge in [-0.2, -0.15) is 0 Å². The first-order valence-electron chi connectivity index (χ1n) is 13.7. The van der Waals surface area contributed by atoms with Gasteiger partial charge in [0.05, 0.1) is 11.5 Å². The van der Waals surface area contributed by atoms with Crippen LogP contribution in [0, 0.1) is 17.3 Å². The van der Waals surface area contributed by atoms with Crippen molar-refractivity contribution >= 4 is 17.8 Å². The second-order valence-corrected chi connectivity index (χ2v) is 13.1. The number of esters is 1. The Morgan fingerprint density at radius 1 is 0.973 bits per heavy atom. The van der Waals surface area contributed by atoms with Crippen molar-refractivity contribution in [1.82, 2.24) is 9.80 Å². The Labute approximate surface area is 221 Å². The van der Waals surface area contributed by atoms with Crippen molar-refractivity contribution in [1.29, 1.82) is 0 Å². The molecule has 5 atom stereocenters. The van der Waals surface area contributed by atoms with E-state index in [0.717, 1.165) is 19.3 Å². The van der Waals surface area contributed by atoms with Crippen molar-refractivity contribution in [2.75, 3.05) is 26.3 Å². The third-order valence-corrected chi connectivity index (χ3v) is 8.31. The lowest BCUT2D eigenvalue weighted by atomic mass is 9.74. The molecule has 37 heavy (non-hydrogen) atoms. The standard InChI is InChI=1S/C29H44N2O6/c1-26(2,3)19-27(4,5)31-16-11-14-29-20(21-25(35)36-18-12-13-28(21,6)37-29)23(33)30(22(29)24(31)34)15-9-7-8-10-17-32/h11-14,20-22,32H,7-10,15-19H2,1-6H3/t20-,21-,22?,28+,29-/m0/s1. The van der Waals surface area contributed by atoms with E-state index < -0.39 is 40.6 Å². The number of rotatable bonds is 8. The van der Waals surface area contributed by atoms with Gasteiger partial charge in [0.1, 0.15) is 24.2 Å². The summed E-state index contributed by atoms with van der Waals surface area (Å²) in [6.07, 6.45) is 11.3. The molecule has 0 aromatic rings. The van der Waals surface area contributed by atoms with Gasteiger partial charge in [-0.05, 0) is 51.5 Å². The minimum atomic E-state index is -1.24. The molecule has 4 aliphatic heterocycles. The van der Waals surface area contributed by atoms with E-state index in [1.165, 1.54) is 0 Å². The maximum absolute atomic E-state index is 14.5. The van der Waals surface area contributed by atoms with Crippen LogP contribution in [0.15, 0.2) is 24.3 Å². The first-order chi connectivity index (χ1) is 17.3. The SMILES string of the molecule is CC(C)(C)CC(C)(C)N1CC=C[C@]23O[C@]4(C)C=CCOC(=O)[C@@H]4[C@H]2C(=O)N(CCCCCCO)C3C1=O.